The molecule has 0 radical (unpaired) electrons. The molecule has 2 aromatic rings. The zero-order valence-corrected chi connectivity index (χ0v) is 21.1. The largest absolute Gasteiger partial charge is 0.416 e. The van der Waals surface area contributed by atoms with E-state index < -0.39 is 17.8 Å². The van der Waals surface area contributed by atoms with Crippen molar-refractivity contribution in [1.82, 2.24) is 14.8 Å². The molecule has 35 heavy (non-hydrogen) atoms. The molecule has 2 amide bonds. The lowest BCUT2D eigenvalue weighted by atomic mass is 10.0. The summed E-state index contributed by atoms with van der Waals surface area (Å²) in [5.74, 6) is 6.19. The molecule has 1 atom stereocenters. The Balaban J connectivity index is 1.71. The monoisotopic (exact) mass is 503 g/mol. The molecule has 0 saturated heterocycles. The SMILES string of the molecule is Cc1ccc(N2C=CC(C(F)(F)F)=CC2C)cc1C#Cc1cnc(NC(=O)N(C)CCN(C)C)s1. The van der Waals surface area contributed by atoms with Crippen molar-refractivity contribution in [2.75, 3.05) is 44.4 Å². The first-order chi connectivity index (χ1) is 16.4. The number of benzene rings is 1. The number of hydrogen-bond donors (Lipinski definition) is 1. The molecule has 1 aliphatic heterocycles. The Morgan fingerprint density at radius 2 is 1.97 bits per heavy atom. The molecular formula is C25H28F3N5OS. The molecule has 0 saturated carbocycles. The first-order valence-electron chi connectivity index (χ1n) is 10.9. The number of rotatable bonds is 5. The van der Waals surface area contributed by atoms with Crippen LogP contribution in [0, 0.1) is 18.8 Å². The van der Waals surface area contributed by atoms with Gasteiger partial charge in [0.25, 0.3) is 0 Å². The Morgan fingerprint density at radius 1 is 1.23 bits per heavy atom. The number of carbonyl (C=O) groups excluding carboxylic acids is 1. The van der Waals surface area contributed by atoms with Crippen molar-refractivity contribution in [2.45, 2.75) is 26.1 Å². The van der Waals surface area contributed by atoms with Gasteiger partial charge in [0.15, 0.2) is 5.13 Å². The summed E-state index contributed by atoms with van der Waals surface area (Å²) in [6.07, 6.45) is 0.969. The van der Waals surface area contributed by atoms with Gasteiger partial charge in [-0.25, -0.2) is 9.78 Å². The third-order valence-electron chi connectivity index (χ3n) is 5.39. The predicted octanol–water partition coefficient (Wildman–Crippen LogP) is 5.09. The fourth-order valence-electron chi connectivity index (χ4n) is 3.26. The maximum Gasteiger partial charge on any atom is 0.416 e. The van der Waals surface area contributed by atoms with E-state index in [-0.39, 0.29) is 6.03 Å². The van der Waals surface area contributed by atoms with Crippen molar-refractivity contribution in [3.8, 4) is 11.8 Å². The zero-order chi connectivity index (χ0) is 25.8. The summed E-state index contributed by atoms with van der Waals surface area (Å²) in [7, 11) is 5.61. The zero-order valence-electron chi connectivity index (χ0n) is 20.3. The van der Waals surface area contributed by atoms with Crippen LogP contribution in [-0.2, 0) is 0 Å². The normalized spacial score (nSPS) is 15.5. The van der Waals surface area contributed by atoms with Crippen molar-refractivity contribution in [1.29, 1.82) is 0 Å². The van der Waals surface area contributed by atoms with Crippen molar-refractivity contribution in [3.63, 3.8) is 0 Å². The summed E-state index contributed by atoms with van der Waals surface area (Å²) in [4.78, 5) is 22.6. The van der Waals surface area contributed by atoms with Gasteiger partial charge in [0.05, 0.1) is 16.6 Å². The quantitative estimate of drug-likeness (QED) is 0.578. The van der Waals surface area contributed by atoms with Gasteiger partial charge in [-0.15, -0.1) is 0 Å². The van der Waals surface area contributed by atoms with Crippen LogP contribution in [-0.4, -0.2) is 67.3 Å². The van der Waals surface area contributed by atoms with Gasteiger partial charge < -0.3 is 14.7 Å². The third kappa shape index (κ3) is 7.10. The number of halogens is 3. The van der Waals surface area contributed by atoms with Gasteiger partial charge in [-0.05, 0) is 63.7 Å². The van der Waals surface area contributed by atoms with Crippen LogP contribution >= 0.6 is 11.3 Å². The fourth-order valence-corrected chi connectivity index (χ4v) is 3.92. The maximum absolute atomic E-state index is 13.0. The highest BCUT2D eigenvalue weighted by atomic mass is 32.1. The maximum atomic E-state index is 13.0. The van der Waals surface area contributed by atoms with E-state index in [1.807, 2.05) is 44.1 Å². The smallest absolute Gasteiger partial charge is 0.341 e. The number of hydrogen-bond acceptors (Lipinski definition) is 5. The number of urea groups is 1. The standard InChI is InChI=1S/C25H28F3N5OS/c1-17-6-8-21(33-11-10-20(14-18(33)2)25(26,27)28)15-19(17)7-9-22-16-29-23(35-22)30-24(34)32(5)13-12-31(3)4/h6,8,10-11,14-16,18H,12-13H2,1-5H3,(H,29,30,34). The van der Waals surface area contributed by atoms with E-state index in [4.69, 9.17) is 0 Å². The minimum atomic E-state index is -4.37. The lowest BCUT2D eigenvalue weighted by Gasteiger charge is -2.30. The summed E-state index contributed by atoms with van der Waals surface area (Å²) in [6.45, 7) is 4.98. The number of amides is 2. The number of aryl methyl sites for hydroxylation is 1. The number of allylic oxidation sites excluding steroid dienone is 2. The van der Waals surface area contributed by atoms with E-state index >= 15 is 0 Å². The van der Waals surface area contributed by atoms with Gasteiger partial charge >= 0.3 is 12.2 Å². The highest BCUT2D eigenvalue weighted by molar-refractivity contribution is 7.16. The molecule has 3 rings (SSSR count). The molecule has 1 aromatic heterocycles. The number of thiazole rings is 1. The third-order valence-corrected chi connectivity index (χ3v) is 6.22. The summed E-state index contributed by atoms with van der Waals surface area (Å²) >= 11 is 1.27. The number of anilines is 2. The Kier molecular flexibility index (Phi) is 8.25. The molecule has 1 aromatic carbocycles. The first kappa shape index (κ1) is 26.3. The van der Waals surface area contributed by atoms with Crippen molar-refractivity contribution < 1.29 is 18.0 Å². The van der Waals surface area contributed by atoms with E-state index in [1.165, 1.54) is 23.6 Å². The highest BCUT2D eigenvalue weighted by Gasteiger charge is 2.34. The molecule has 0 bridgehead atoms. The summed E-state index contributed by atoms with van der Waals surface area (Å²) < 4.78 is 39.0. The molecule has 0 fully saturated rings. The number of nitrogens with zero attached hydrogens (tertiary/aromatic N) is 4. The van der Waals surface area contributed by atoms with Crippen LogP contribution in [0.5, 0.6) is 0 Å². The number of carbonyl (C=O) groups is 1. The van der Waals surface area contributed by atoms with Gasteiger partial charge in [0, 0.05) is 43.6 Å². The molecule has 186 valence electrons. The van der Waals surface area contributed by atoms with Gasteiger partial charge in [0.1, 0.15) is 0 Å². The molecule has 1 unspecified atom stereocenters. The number of alkyl halides is 3. The van der Waals surface area contributed by atoms with Crippen LogP contribution in [0.3, 0.4) is 0 Å². The van der Waals surface area contributed by atoms with E-state index in [9.17, 15) is 18.0 Å². The second-order valence-electron chi connectivity index (χ2n) is 8.52. The Bertz CT molecular complexity index is 1190. The number of aromatic nitrogens is 1. The van der Waals surface area contributed by atoms with Crippen molar-refractivity contribution in [2.24, 2.45) is 0 Å². The Morgan fingerprint density at radius 3 is 2.63 bits per heavy atom. The van der Waals surface area contributed by atoms with Crippen LogP contribution in [0.25, 0.3) is 0 Å². The Hall–Kier alpha value is -3.29. The molecular weight excluding hydrogens is 475 g/mol. The number of nitrogens with one attached hydrogen (secondary N) is 1. The van der Waals surface area contributed by atoms with Gasteiger partial charge in [0.2, 0.25) is 0 Å². The molecule has 1 N–H and O–H groups in total. The molecule has 0 aliphatic carbocycles. The topological polar surface area (TPSA) is 51.7 Å². The minimum absolute atomic E-state index is 0.240. The molecule has 2 heterocycles. The first-order valence-corrected chi connectivity index (χ1v) is 11.8. The number of likely N-dealkylation sites (N-methyl/N-ethyl adjacent to an activating group) is 2. The summed E-state index contributed by atoms with van der Waals surface area (Å²) in [5, 5.41) is 3.23. The summed E-state index contributed by atoms with van der Waals surface area (Å²) in [5.41, 5.74) is 1.81. The lowest BCUT2D eigenvalue weighted by molar-refractivity contribution is -0.0886. The average Bonchev–Trinajstić information content (AvgIpc) is 3.23. The van der Waals surface area contributed by atoms with Gasteiger partial charge in [-0.1, -0.05) is 23.3 Å². The fraction of sp³-hybridized carbons (Fsp3) is 0.360. The second kappa shape index (κ2) is 11.0. The average molecular weight is 504 g/mol. The van der Waals surface area contributed by atoms with E-state index in [0.717, 1.165) is 29.4 Å². The van der Waals surface area contributed by atoms with Crippen LogP contribution < -0.4 is 10.2 Å². The highest BCUT2D eigenvalue weighted by Crippen LogP contribution is 2.32. The van der Waals surface area contributed by atoms with Crippen LogP contribution in [0.1, 0.15) is 22.9 Å². The van der Waals surface area contributed by atoms with Crippen LogP contribution in [0.2, 0.25) is 0 Å². The molecule has 10 heteroatoms. The predicted molar refractivity (Wildman–Crippen MR) is 135 cm³/mol. The van der Waals surface area contributed by atoms with Gasteiger partial charge in [-0.2, -0.15) is 13.2 Å². The van der Waals surface area contributed by atoms with Crippen LogP contribution in [0.4, 0.5) is 28.8 Å². The second-order valence-corrected chi connectivity index (χ2v) is 9.55. The lowest BCUT2D eigenvalue weighted by Crippen LogP contribution is -2.36. The van der Waals surface area contributed by atoms with E-state index in [0.29, 0.717) is 16.6 Å². The van der Waals surface area contributed by atoms with E-state index in [2.05, 4.69) is 22.1 Å². The molecule has 1 aliphatic rings. The summed E-state index contributed by atoms with van der Waals surface area (Å²) in [6, 6.07) is 4.92. The molecule has 0 spiro atoms. The van der Waals surface area contributed by atoms with Crippen molar-refractivity contribution in [3.05, 3.63) is 64.3 Å². The Labute approximate surface area is 207 Å². The van der Waals surface area contributed by atoms with E-state index in [1.54, 1.807) is 30.0 Å². The minimum Gasteiger partial charge on any atom is -0.341 e. The van der Waals surface area contributed by atoms with Gasteiger partial charge in [-0.3, -0.25) is 5.32 Å². The van der Waals surface area contributed by atoms with Crippen LogP contribution in [0.15, 0.2) is 48.3 Å². The molecule has 6 nitrogen and oxygen atoms in total. The van der Waals surface area contributed by atoms with Crippen molar-refractivity contribution >= 4 is 28.2 Å².